The first kappa shape index (κ1) is 16.4. The smallest absolute Gasteiger partial charge is 0.165 e. The molecule has 25 heavy (non-hydrogen) atoms. The lowest BCUT2D eigenvalue weighted by Gasteiger charge is -2.22. The summed E-state index contributed by atoms with van der Waals surface area (Å²) in [5.41, 5.74) is 4.47. The number of aromatic hydroxyl groups is 1. The molecule has 0 aromatic heterocycles. The standard InChI is InChI=1S/C21H25NO3/c1-15-4-2-3-5-19(15)17-10-18-13-22(12-16-6-8-24-14-16)7-9-25-21(18)20(23)11-17/h2-5,10-11,16,23H,6-9,12-14H2,1H3/t16-/m1/s1. The van der Waals surface area contributed by atoms with Gasteiger partial charge in [0.05, 0.1) is 6.61 Å². The van der Waals surface area contributed by atoms with Crippen LogP contribution < -0.4 is 4.74 Å². The minimum absolute atomic E-state index is 0.238. The first-order chi connectivity index (χ1) is 12.2. The summed E-state index contributed by atoms with van der Waals surface area (Å²) < 4.78 is 11.4. The Morgan fingerprint density at radius 1 is 1.20 bits per heavy atom. The minimum atomic E-state index is 0.238. The lowest BCUT2D eigenvalue weighted by atomic mass is 9.97. The van der Waals surface area contributed by atoms with E-state index in [0.29, 0.717) is 18.3 Å². The van der Waals surface area contributed by atoms with Crippen LogP contribution in [0.4, 0.5) is 0 Å². The molecule has 2 aliphatic rings. The van der Waals surface area contributed by atoms with E-state index < -0.39 is 0 Å². The van der Waals surface area contributed by atoms with Gasteiger partial charge in [-0.2, -0.15) is 0 Å². The molecule has 1 atom stereocenters. The van der Waals surface area contributed by atoms with Crippen molar-refractivity contribution in [3.05, 3.63) is 47.5 Å². The lowest BCUT2D eigenvalue weighted by molar-refractivity contribution is 0.159. The highest BCUT2D eigenvalue weighted by atomic mass is 16.5. The Hall–Kier alpha value is -2.04. The Balaban J connectivity index is 1.63. The number of ether oxygens (including phenoxy) is 2. The molecule has 132 valence electrons. The zero-order valence-electron chi connectivity index (χ0n) is 14.7. The number of rotatable bonds is 3. The van der Waals surface area contributed by atoms with Crippen molar-refractivity contribution in [1.29, 1.82) is 0 Å². The van der Waals surface area contributed by atoms with Crippen LogP contribution >= 0.6 is 0 Å². The summed E-state index contributed by atoms with van der Waals surface area (Å²) >= 11 is 0. The van der Waals surface area contributed by atoms with Gasteiger partial charge in [0.1, 0.15) is 6.61 Å². The third kappa shape index (κ3) is 3.51. The number of phenols is 1. The highest BCUT2D eigenvalue weighted by Gasteiger charge is 2.24. The van der Waals surface area contributed by atoms with Crippen molar-refractivity contribution in [3.63, 3.8) is 0 Å². The summed E-state index contributed by atoms with van der Waals surface area (Å²) in [5.74, 6) is 1.49. The summed E-state index contributed by atoms with van der Waals surface area (Å²) in [6.45, 7) is 7.16. The molecule has 1 saturated heterocycles. The first-order valence-corrected chi connectivity index (χ1v) is 9.05. The maximum absolute atomic E-state index is 10.5. The second-order valence-electron chi connectivity index (χ2n) is 7.11. The second-order valence-corrected chi connectivity index (χ2v) is 7.11. The van der Waals surface area contributed by atoms with Gasteiger partial charge < -0.3 is 14.6 Å². The van der Waals surface area contributed by atoms with Crippen molar-refractivity contribution >= 4 is 0 Å². The van der Waals surface area contributed by atoms with E-state index in [0.717, 1.165) is 56.0 Å². The van der Waals surface area contributed by atoms with Gasteiger partial charge in [0.2, 0.25) is 0 Å². The van der Waals surface area contributed by atoms with Gasteiger partial charge in [0, 0.05) is 31.8 Å². The molecule has 0 unspecified atom stereocenters. The molecular weight excluding hydrogens is 314 g/mol. The zero-order chi connectivity index (χ0) is 17.2. The van der Waals surface area contributed by atoms with Crippen LogP contribution in [0, 0.1) is 12.8 Å². The third-order valence-electron chi connectivity index (χ3n) is 5.19. The van der Waals surface area contributed by atoms with E-state index in [4.69, 9.17) is 9.47 Å². The maximum atomic E-state index is 10.5. The zero-order valence-corrected chi connectivity index (χ0v) is 14.7. The van der Waals surface area contributed by atoms with Crippen LogP contribution in [0.1, 0.15) is 17.5 Å². The topological polar surface area (TPSA) is 41.9 Å². The SMILES string of the molecule is Cc1ccccc1-c1cc(O)c2c(c1)CN(C[C@H]1CCOC1)CCO2. The molecule has 4 heteroatoms. The number of hydrogen-bond acceptors (Lipinski definition) is 4. The van der Waals surface area contributed by atoms with Gasteiger partial charge in [0.15, 0.2) is 11.5 Å². The number of hydrogen-bond donors (Lipinski definition) is 1. The molecule has 2 aromatic carbocycles. The third-order valence-corrected chi connectivity index (χ3v) is 5.19. The molecule has 0 aliphatic carbocycles. The van der Waals surface area contributed by atoms with E-state index in [1.54, 1.807) is 0 Å². The van der Waals surface area contributed by atoms with Crippen molar-refractivity contribution in [1.82, 2.24) is 4.90 Å². The first-order valence-electron chi connectivity index (χ1n) is 9.05. The second kappa shape index (κ2) is 7.06. The molecule has 4 rings (SSSR count). The molecule has 4 nitrogen and oxygen atoms in total. The van der Waals surface area contributed by atoms with E-state index in [-0.39, 0.29) is 5.75 Å². The number of phenolic OH excluding ortho intramolecular Hbond substituents is 1. The monoisotopic (exact) mass is 339 g/mol. The van der Waals surface area contributed by atoms with Gasteiger partial charge in [-0.25, -0.2) is 0 Å². The summed E-state index contributed by atoms with van der Waals surface area (Å²) in [6.07, 6.45) is 1.14. The minimum Gasteiger partial charge on any atom is -0.504 e. The van der Waals surface area contributed by atoms with Crippen LogP contribution in [0.15, 0.2) is 36.4 Å². The number of nitrogens with zero attached hydrogens (tertiary/aromatic N) is 1. The van der Waals surface area contributed by atoms with E-state index in [9.17, 15) is 5.11 Å². The van der Waals surface area contributed by atoms with Crippen molar-refractivity contribution in [3.8, 4) is 22.6 Å². The van der Waals surface area contributed by atoms with E-state index in [1.165, 1.54) is 5.56 Å². The normalized spacial score (nSPS) is 20.8. The van der Waals surface area contributed by atoms with Crippen molar-refractivity contribution in [2.75, 3.05) is 32.9 Å². The fourth-order valence-electron chi connectivity index (χ4n) is 3.85. The van der Waals surface area contributed by atoms with Crippen LogP contribution in [-0.2, 0) is 11.3 Å². The fourth-order valence-corrected chi connectivity index (χ4v) is 3.85. The highest BCUT2D eigenvalue weighted by molar-refractivity contribution is 5.71. The maximum Gasteiger partial charge on any atom is 0.165 e. The van der Waals surface area contributed by atoms with Crippen LogP contribution in [0.3, 0.4) is 0 Å². The van der Waals surface area contributed by atoms with Gasteiger partial charge >= 0.3 is 0 Å². The average Bonchev–Trinajstić information content (AvgIpc) is 3.01. The van der Waals surface area contributed by atoms with Crippen LogP contribution in [0.25, 0.3) is 11.1 Å². The molecule has 2 aliphatic heterocycles. The van der Waals surface area contributed by atoms with Gasteiger partial charge in [-0.05, 0) is 48.1 Å². The van der Waals surface area contributed by atoms with Gasteiger partial charge in [-0.3, -0.25) is 4.90 Å². The molecule has 0 radical (unpaired) electrons. The highest BCUT2D eigenvalue weighted by Crippen LogP contribution is 2.38. The van der Waals surface area contributed by atoms with Crippen molar-refractivity contribution in [2.45, 2.75) is 19.9 Å². The van der Waals surface area contributed by atoms with Gasteiger partial charge in [-0.1, -0.05) is 24.3 Å². The Morgan fingerprint density at radius 3 is 2.88 bits per heavy atom. The summed E-state index contributed by atoms with van der Waals surface area (Å²) in [6, 6.07) is 12.3. The molecule has 1 fully saturated rings. The summed E-state index contributed by atoms with van der Waals surface area (Å²) in [4.78, 5) is 2.42. The Kier molecular flexibility index (Phi) is 4.64. The molecule has 0 saturated carbocycles. The van der Waals surface area contributed by atoms with Crippen LogP contribution in [0.2, 0.25) is 0 Å². The van der Waals surface area contributed by atoms with Crippen molar-refractivity contribution < 1.29 is 14.6 Å². The molecule has 0 amide bonds. The summed E-state index contributed by atoms with van der Waals surface area (Å²) in [5, 5.41) is 10.5. The molecule has 0 bridgehead atoms. The Labute approximate surface area is 149 Å². The van der Waals surface area contributed by atoms with Crippen LogP contribution in [-0.4, -0.2) is 42.9 Å². The quantitative estimate of drug-likeness (QED) is 0.928. The average molecular weight is 339 g/mol. The van der Waals surface area contributed by atoms with Crippen molar-refractivity contribution in [2.24, 2.45) is 5.92 Å². The Bertz CT molecular complexity index is 753. The number of fused-ring (bicyclic) bond motifs is 1. The predicted molar refractivity (Wildman–Crippen MR) is 98.0 cm³/mol. The number of benzene rings is 2. The number of aryl methyl sites for hydroxylation is 1. The Morgan fingerprint density at radius 2 is 2.08 bits per heavy atom. The molecular formula is C21H25NO3. The fraction of sp³-hybridized carbons (Fsp3) is 0.429. The molecule has 2 heterocycles. The predicted octanol–water partition coefficient (Wildman–Crippen LogP) is 3.60. The summed E-state index contributed by atoms with van der Waals surface area (Å²) in [7, 11) is 0. The lowest BCUT2D eigenvalue weighted by Crippen LogP contribution is -2.31. The van der Waals surface area contributed by atoms with E-state index in [1.807, 2.05) is 18.2 Å². The van der Waals surface area contributed by atoms with E-state index >= 15 is 0 Å². The van der Waals surface area contributed by atoms with Crippen LogP contribution in [0.5, 0.6) is 11.5 Å². The molecule has 2 aromatic rings. The van der Waals surface area contributed by atoms with E-state index in [2.05, 4.69) is 30.0 Å². The largest absolute Gasteiger partial charge is 0.504 e. The molecule has 0 spiro atoms. The van der Waals surface area contributed by atoms with Gasteiger partial charge in [-0.15, -0.1) is 0 Å². The van der Waals surface area contributed by atoms with Gasteiger partial charge in [0.25, 0.3) is 0 Å². The molecule has 1 N–H and O–H groups in total.